The van der Waals surface area contributed by atoms with Crippen LogP contribution < -0.4 is 18.9 Å². The summed E-state index contributed by atoms with van der Waals surface area (Å²) in [7, 11) is 0. The predicted molar refractivity (Wildman–Crippen MR) is 23.5 cm³/mol. The van der Waals surface area contributed by atoms with Gasteiger partial charge < -0.3 is 16.1 Å². The van der Waals surface area contributed by atoms with E-state index >= 15 is 0 Å². The molecule has 0 heterocycles. The summed E-state index contributed by atoms with van der Waals surface area (Å²) in [6.07, 6.45) is 0.222. The molecule has 0 rings (SSSR count). The summed E-state index contributed by atoms with van der Waals surface area (Å²) in [5.74, 6) is -0.745. The molecule has 0 saturated heterocycles. The third kappa shape index (κ3) is 37.7. The number of carboxylic acids is 1. The third-order valence-electron chi connectivity index (χ3n) is 0.302. The molecule has 0 aliphatic heterocycles. The van der Waals surface area contributed by atoms with Crippen LogP contribution in [0.3, 0.4) is 0 Å². The summed E-state index contributed by atoms with van der Waals surface area (Å²) >= 11 is 0. The molecule has 0 aromatic rings. The number of rotatable bonds is 1. The Balaban J connectivity index is -0.0000000267. The topological polar surface area (TPSA) is 98.8 Å². The summed E-state index contributed by atoms with van der Waals surface area (Å²) in [5, 5.41) is 7.72. The van der Waals surface area contributed by atoms with E-state index in [9.17, 15) is 4.79 Å². The number of hydrogen-bond donors (Lipinski definition) is 1. The SMILES string of the molecule is CCC(=O)O.O.[Li+].[OH-]. The normalized spacial score (nSPS) is 4.62. The van der Waals surface area contributed by atoms with Gasteiger partial charge in [0.25, 0.3) is 0 Å². The molecule has 0 atom stereocenters. The van der Waals surface area contributed by atoms with Crippen molar-refractivity contribution in [1.29, 1.82) is 0 Å². The second kappa shape index (κ2) is 15.8. The molecular weight excluding hydrogens is 107 g/mol. The van der Waals surface area contributed by atoms with Crippen molar-refractivity contribution in [3.8, 4) is 0 Å². The van der Waals surface area contributed by atoms with Crippen LogP contribution >= 0.6 is 0 Å². The van der Waals surface area contributed by atoms with Gasteiger partial charge in [0, 0.05) is 6.42 Å². The van der Waals surface area contributed by atoms with Gasteiger partial charge in [-0.2, -0.15) is 0 Å². The molecule has 46 valence electrons. The van der Waals surface area contributed by atoms with E-state index < -0.39 is 5.97 Å². The van der Waals surface area contributed by atoms with Crippen molar-refractivity contribution in [3.63, 3.8) is 0 Å². The first-order chi connectivity index (χ1) is 2.27. The van der Waals surface area contributed by atoms with Crippen molar-refractivity contribution in [2.24, 2.45) is 0 Å². The second-order valence-corrected chi connectivity index (χ2v) is 0.747. The van der Waals surface area contributed by atoms with E-state index in [0.29, 0.717) is 0 Å². The molecular formula is C3H9LiO4. The Morgan fingerprint density at radius 1 is 1.62 bits per heavy atom. The minimum absolute atomic E-state index is 0. The number of hydrogen-bond acceptors (Lipinski definition) is 2. The first-order valence-electron chi connectivity index (χ1n) is 1.49. The van der Waals surface area contributed by atoms with Gasteiger partial charge in [0.05, 0.1) is 0 Å². The molecule has 0 saturated carbocycles. The summed E-state index contributed by atoms with van der Waals surface area (Å²) in [6, 6.07) is 0. The van der Waals surface area contributed by atoms with Crippen LogP contribution in [0.25, 0.3) is 0 Å². The van der Waals surface area contributed by atoms with E-state index in [0.717, 1.165) is 0 Å². The maximum atomic E-state index is 9.37. The molecule has 0 aliphatic rings. The summed E-state index contributed by atoms with van der Waals surface area (Å²) in [6.45, 7) is 1.60. The zero-order valence-corrected chi connectivity index (χ0v) is 5.01. The first kappa shape index (κ1) is 24.5. The minimum Gasteiger partial charge on any atom is -0.870 e. The molecule has 0 aromatic heterocycles. The van der Waals surface area contributed by atoms with Crippen LogP contribution in [-0.2, 0) is 4.79 Å². The Morgan fingerprint density at radius 3 is 1.75 bits per heavy atom. The molecule has 0 spiro atoms. The summed E-state index contributed by atoms with van der Waals surface area (Å²) < 4.78 is 0. The minimum atomic E-state index is -0.745. The van der Waals surface area contributed by atoms with Crippen molar-refractivity contribution in [2.45, 2.75) is 13.3 Å². The Labute approximate surface area is 59.7 Å². The van der Waals surface area contributed by atoms with E-state index in [-0.39, 0.29) is 36.2 Å². The second-order valence-electron chi connectivity index (χ2n) is 0.747. The molecule has 0 amide bonds. The van der Waals surface area contributed by atoms with Crippen LogP contribution in [0.15, 0.2) is 0 Å². The summed E-state index contributed by atoms with van der Waals surface area (Å²) in [5.41, 5.74) is 0. The van der Waals surface area contributed by atoms with E-state index in [2.05, 4.69) is 0 Å². The molecule has 0 bridgehead atoms. The Kier molecular flexibility index (Phi) is 48.3. The average molecular weight is 116 g/mol. The fourth-order valence-corrected chi connectivity index (χ4v) is 0. The Hall–Kier alpha value is -0.0126. The van der Waals surface area contributed by atoms with Crippen LogP contribution in [0.2, 0.25) is 0 Å². The van der Waals surface area contributed by atoms with Crippen LogP contribution in [0.4, 0.5) is 0 Å². The van der Waals surface area contributed by atoms with E-state index in [1.165, 1.54) is 0 Å². The molecule has 0 aliphatic carbocycles. The van der Waals surface area contributed by atoms with Gasteiger partial charge in [-0.3, -0.25) is 4.79 Å². The van der Waals surface area contributed by atoms with E-state index in [4.69, 9.17) is 5.11 Å². The van der Waals surface area contributed by atoms with Crippen LogP contribution in [0, 0.1) is 0 Å². The third-order valence-corrected chi connectivity index (χ3v) is 0.302. The summed E-state index contributed by atoms with van der Waals surface area (Å²) in [4.78, 5) is 9.37. The van der Waals surface area contributed by atoms with Crippen molar-refractivity contribution < 1.29 is 39.7 Å². The van der Waals surface area contributed by atoms with Gasteiger partial charge in [-0.25, -0.2) is 0 Å². The molecule has 4 N–H and O–H groups in total. The van der Waals surface area contributed by atoms with Gasteiger partial charge in [0.2, 0.25) is 0 Å². The van der Waals surface area contributed by atoms with Crippen LogP contribution in [0.1, 0.15) is 13.3 Å². The first-order valence-corrected chi connectivity index (χ1v) is 1.49. The van der Waals surface area contributed by atoms with Crippen molar-refractivity contribution in [1.82, 2.24) is 0 Å². The van der Waals surface area contributed by atoms with Gasteiger partial charge in [-0.1, -0.05) is 6.92 Å². The largest absolute Gasteiger partial charge is 1.00 e. The maximum Gasteiger partial charge on any atom is 1.00 e. The van der Waals surface area contributed by atoms with Crippen molar-refractivity contribution >= 4 is 5.97 Å². The molecule has 4 nitrogen and oxygen atoms in total. The van der Waals surface area contributed by atoms with Gasteiger partial charge in [0.15, 0.2) is 0 Å². The smallest absolute Gasteiger partial charge is 0.870 e. The Morgan fingerprint density at radius 2 is 1.75 bits per heavy atom. The quantitative estimate of drug-likeness (QED) is 0.359. The molecule has 8 heavy (non-hydrogen) atoms. The van der Waals surface area contributed by atoms with Crippen molar-refractivity contribution in [2.75, 3.05) is 0 Å². The molecule has 5 heteroatoms. The monoisotopic (exact) mass is 116 g/mol. The van der Waals surface area contributed by atoms with Gasteiger partial charge in [-0.15, -0.1) is 0 Å². The van der Waals surface area contributed by atoms with Gasteiger partial charge in [0.1, 0.15) is 0 Å². The number of carboxylic acid groups (broad SMARTS) is 1. The predicted octanol–water partition coefficient (Wildman–Crippen LogP) is -3.52. The standard InChI is InChI=1S/C3H6O2.Li.2H2O/c1-2-3(4)5;;;/h2H2,1H3,(H,4,5);;2*1H2/q;+1;;/p-1. The molecule has 0 unspecified atom stereocenters. The fourth-order valence-electron chi connectivity index (χ4n) is 0. The average Bonchev–Trinajstić information content (AvgIpc) is 1.38. The molecule has 0 radical (unpaired) electrons. The van der Waals surface area contributed by atoms with Gasteiger partial charge in [-0.05, 0) is 0 Å². The number of aliphatic carboxylic acids is 1. The zero-order chi connectivity index (χ0) is 4.28. The van der Waals surface area contributed by atoms with Crippen LogP contribution in [-0.4, -0.2) is 22.0 Å². The number of carbonyl (C=O) groups is 1. The van der Waals surface area contributed by atoms with Gasteiger partial charge >= 0.3 is 24.8 Å². The van der Waals surface area contributed by atoms with Crippen LogP contribution in [0.5, 0.6) is 0 Å². The zero-order valence-electron chi connectivity index (χ0n) is 5.01. The molecule has 0 aromatic carbocycles. The van der Waals surface area contributed by atoms with E-state index in [1.54, 1.807) is 6.92 Å². The molecule has 0 fully saturated rings. The van der Waals surface area contributed by atoms with Crippen molar-refractivity contribution in [3.05, 3.63) is 0 Å². The maximum absolute atomic E-state index is 9.37. The van der Waals surface area contributed by atoms with E-state index in [1.807, 2.05) is 0 Å². The Bertz CT molecular complexity index is 46.5. The fraction of sp³-hybridized carbons (Fsp3) is 0.667.